The first-order valence-electron chi connectivity index (χ1n) is 6.44. The van der Waals surface area contributed by atoms with Crippen molar-refractivity contribution in [2.75, 3.05) is 24.4 Å². The molecule has 0 aliphatic carbocycles. The average Bonchev–Trinajstić information content (AvgIpc) is 2.53. The molecule has 2 rings (SSSR count). The molecule has 4 heteroatoms. The van der Waals surface area contributed by atoms with Gasteiger partial charge in [-0.2, -0.15) is 0 Å². The van der Waals surface area contributed by atoms with Gasteiger partial charge in [-0.15, -0.1) is 0 Å². The topological polar surface area (TPSA) is 41.6 Å². The summed E-state index contributed by atoms with van der Waals surface area (Å²) in [6.45, 7) is 0. The Morgan fingerprint density at radius 3 is 2.62 bits per heavy atom. The molecule has 0 fully saturated rings. The van der Waals surface area contributed by atoms with Crippen molar-refractivity contribution in [3.8, 4) is 17.7 Å². The van der Waals surface area contributed by atoms with E-state index < -0.39 is 0 Å². The lowest BCUT2D eigenvalue weighted by Gasteiger charge is -2.09. The lowest BCUT2D eigenvalue weighted by atomic mass is 10.3. The number of benzene rings is 2. The fourth-order valence-corrected chi connectivity index (χ4v) is 1.71. The zero-order valence-corrected chi connectivity index (χ0v) is 12.0. The van der Waals surface area contributed by atoms with E-state index in [0.717, 1.165) is 5.69 Å². The van der Waals surface area contributed by atoms with Crippen LogP contribution in [0.1, 0.15) is 0 Å². The van der Waals surface area contributed by atoms with Gasteiger partial charge in [0.1, 0.15) is 5.75 Å². The van der Waals surface area contributed by atoms with Crippen molar-refractivity contribution < 1.29 is 9.53 Å². The van der Waals surface area contributed by atoms with E-state index in [9.17, 15) is 4.79 Å². The first-order chi connectivity index (χ1) is 10.2. The summed E-state index contributed by atoms with van der Waals surface area (Å²) in [7, 11) is 3.39. The number of nitrogens with zero attached hydrogens (tertiary/aromatic N) is 1. The van der Waals surface area contributed by atoms with Crippen LogP contribution in [0.3, 0.4) is 0 Å². The number of nitrogens with one attached hydrogen (secondary N) is 1. The Morgan fingerprint density at radius 1 is 1.14 bits per heavy atom. The van der Waals surface area contributed by atoms with E-state index in [0.29, 0.717) is 11.4 Å². The minimum Gasteiger partial charge on any atom is -0.497 e. The van der Waals surface area contributed by atoms with Gasteiger partial charge in [0.25, 0.3) is 0 Å². The van der Waals surface area contributed by atoms with Gasteiger partial charge in [-0.3, -0.25) is 4.79 Å². The third-order valence-corrected chi connectivity index (χ3v) is 2.81. The Bertz CT molecular complexity index is 672. The number of carbonyl (C=O) groups excluding carboxylic acids is 1. The highest BCUT2D eigenvalue weighted by Crippen LogP contribution is 2.16. The largest absolute Gasteiger partial charge is 0.497 e. The van der Waals surface area contributed by atoms with Crippen molar-refractivity contribution >= 4 is 17.3 Å². The Morgan fingerprint density at radius 2 is 1.90 bits per heavy atom. The molecule has 0 aromatic heterocycles. The maximum Gasteiger partial charge on any atom is 0.302 e. The van der Waals surface area contributed by atoms with Crippen molar-refractivity contribution in [1.29, 1.82) is 0 Å². The highest BCUT2D eigenvalue weighted by Gasteiger charge is 2.00. The number of carbonyl (C=O) groups is 1. The lowest BCUT2D eigenvalue weighted by Crippen LogP contribution is -2.13. The molecule has 1 N–H and O–H groups in total. The third-order valence-electron chi connectivity index (χ3n) is 2.81. The number of methoxy groups -OCH3 is 1. The summed E-state index contributed by atoms with van der Waals surface area (Å²) in [6, 6.07) is 19.5. The van der Waals surface area contributed by atoms with Crippen LogP contribution in [0.4, 0.5) is 11.4 Å². The minimum atomic E-state index is -0.369. The van der Waals surface area contributed by atoms with E-state index in [1.54, 1.807) is 37.3 Å². The second-order valence-electron chi connectivity index (χ2n) is 4.32. The highest BCUT2D eigenvalue weighted by atomic mass is 16.5. The Balaban J connectivity index is 2.00. The number of hydrogen-bond donors (Lipinski definition) is 1. The normalized spacial score (nSPS) is 9.24. The van der Waals surface area contributed by atoms with Crippen LogP contribution in [0.15, 0.2) is 54.6 Å². The zero-order chi connectivity index (χ0) is 15.1. The summed E-state index contributed by atoms with van der Waals surface area (Å²) in [5, 5.41) is 2.70. The van der Waals surface area contributed by atoms with Gasteiger partial charge in [0, 0.05) is 36.5 Å². The van der Waals surface area contributed by atoms with E-state index in [2.05, 4.69) is 17.3 Å². The first kappa shape index (κ1) is 14.5. The van der Waals surface area contributed by atoms with Gasteiger partial charge in [-0.25, -0.2) is 0 Å². The molecular weight excluding hydrogens is 264 g/mol. The number of anilines is 2. The number of ether oxygens (including phenoxy) is 1. The van der Waals surface area contributed by atoms with E-state index in [-0.39, 0.29) is 5.91 Å². The smallest absolute Gasteiger partial charge is 0.302 e. The third kappa shape index (κ3) is 4.29. The molecule has 2 aromatic carbocycles. The Kier molecular flexibility index (Phi) is 4.84. The van der Waals surface area contributed by atoms with Gasteiger partial charge in [0.2, 0.25) is 0 Å². The summed E-state index contributed by atoms with van der Waals surface area (Å²) < 4.78 is 5.10. The predicted octanol–water partition coefficient (Wildman–Crippen LogP) is 2.73. The molecule has 2 aromatic rings. The van der Waals surface area contributed by atoms with Crippen molar-refractivity contribution in [3.63, 3.8) is 0 Å². The number of rotatable bonds is 3. The summed E-state index contributed by atoms with van der Waals surface area (Å²) >= 11 is 0. The number of amides is 1. The molecule has 1 amide bonds. The van der Waals surface area contributed by atoms with E-state index >= 15 is 0 Å². The molecule has 106 valence electrons. The molecule has 0 unspecified atom stereocenters. The van der Waals surface area contributed by atoms with E-state index in [1.165, 1.54) is 0 Å². The van der Waals surface area contributed by atoms with Crippen LogP contribution in [-0.4, -0.2) is 20.1 Å². The highest BCUT2D eigenvalue weighted by molar-refractivity contribution is 6.04. The van der Waals surface area contributed by atoms with Crippen LogP contribution in [0.2, 0.25) is 0 Å². The lowest BCUT2D eigenvalue weighted by molar-refractivity contribution is -0.111. The molecule has 0 atom stereocenters. The van der Waals surface area contributed by atoms with Gasteiger partial charge in [-0.1, -0.05) is 24.3 Å². The van der Waals surface area contributed by atoms with E-state index in [1.807, 2.05) is 36.4 Å². The Labute approximate surface area is 124 Å². The van der Waals surface area contributed by atoms with Gasteiger partial charge in [0.15, 0.2) is 0 Å². The SMILES string of the molecule is COc1cccc(NC(=O)C#CN(C)c2ccccc2)c1. The molecule has 0 aliphatic heterocycles. The molecule has 0 radical (unpaired) electrons. The summed E-state index contributed by atoms with van der Waals surface area (Å²) in [5.74, 6) is 2.87. The van der Waals surface area contributed by atoms with Crippen molar-refractivity contribution in [1.82, 2.24) is 0 Å². The first-order valence-corrected chi connectivity index (χ1v) is 6.44. The standard InChI is InChI=1S/C17H16N2O2/c1-19(15-8-4-3-5-9-15)12-11-17(20)18-14-7-6-10-16(13-14)21-2/h3-10,13H,1-2H3,(H,18,20). The van der Waals surface area contributed by atoms with Gasteiger partial charge >= 0.3 is 5.91 Å². The van der Waals surface area contributed by atoms with Crippen molar-refractivity contribution in [3.05, 3.63) is 54.6 Å². The van der Waals surface area contributed by atoms with Crippen LogP contribution in [-0.2, 0) is 4.79 Å². The molecular formula is C17H16N2O2. The molecule has 0 saturated carbocycles. The zero-order valence-electron chi connectivity index (χ0n) is 12.0. The maximum atomic E-state index is 11.8. The molecule has 0 bridgehead atoms. The summed E-state index contributed by atoms with van der Waals surface area (Å²) in [4.78, 5) is 13.5. The summed E-state index contributed by atoms with van der Waals surface area (Å²) in [6.07, 6.45) is 0. The minimum absolute atomic E-state index is 0.369. The van der Waals surface area contributed by atoms with Crippen LogP contribution in [0.5, 0.6) is 5.75 Å². The molecule has 0 saturated heterocycles. The van der Waals surface area contributed by atoms with Crippen LogP contribution >= 0.6 is 0 Å². The fraction of sp³-hybridized carbons (Fsp3) is 0.118. The number of hydrogen-bond acceptors (Lipinski definition) is 3. The van der Waals surface area contributed by atoms with Crippen molar-refractivity contribution in [2.24, 2.45) is 0 Å². The van der Waals surface area contributed by atoms with Gasteiger partial charge in [-0.05, 0) is 24.3 Å². The molecule has 0 spiro atoms. The second kappa shape index (κ2) is 7.01. The average molecular weight is 280 g/mol. The van der Waals surface area contributed by atoms with Gasteiger partial charge < -0.3 is 15.0 Å². The molecule has 0 aliphatic rings. The quantitative estimate of drug-likeness (QED) is 0.694. The molecule has 4 nitrogen and oxygen atoms in total. The number of para-hydroxylation sites is 1. The second-order valence-corrected chi connectivity index (χ2v) is 4.32. The predicted molar refractivity (Wildman–Crippen MR) is 84.2 cm³/mol. The molecule has 0 heterocycles. The monoisotopic (exact) mass is 280 g/mol. The van der Waals surface area contributed by atoms with Crippen LogP contribution in [0.25, 0.3) is 0 Å². The van der Waals surface area contributed by atoms with E-state index in [4.69, 9.17) is 4.74 Å². The van der Waals surface area contributed by atoms with Crippen LogP contribution in [0, 0.1) is 12.0 Å². The fourth-order valence-electron chi connectivity index (χ4n) is 1.71. The molecule has 21 heavy (non-hydrogen) atoms. The van der Waals surface area contributed by atoms with Crippen LogP contribution < -0.4 is 15.0 Å². The Hall–Kier alpha value is -2.93. The van der Waals surface area contributed by atoms with Crippen molar-refractivity contribution in [2.45, 2.75) is 0 Å². The maximum absolute atomic E-state index is 11.8. The summed E-state index contributed by atoms with van der Waals surface area (Å²) in [5.41, 5.74) is 1.58. The van der Waals surface area contributed by atoms with Gasteiger partial charge in [0.05, 0.1) is 7.11 Å².